The van der Waals surface area contributed by atoms with E-state index < -0.39 is 0 Å². The zero-order chi connectivity index (χ0) is 21.0. The van der Waals surface area contributed by atoms with Crippen molar-refractivity contribution in [2.75, 3.05) is 32.5 Å². The number of fused-ring (bicyclic) bond motifs is 1. The molecule has 3 rings (SSSR count). The Morgan fingerprint density at radius 1 is 1.10 bits per heavy atom. The van der Waals surface area contributed by atoms with Gasteiger partial charge in [-0.2, -0.15) is 4.98 Å². The zero-order valence-electron chi connectivity index (χ0n) is 17.0. The van der Waals surface area contributed by atoms with Crippen LogP contribution in [0.25, 0.3) is 11.0 Å². The molecule has 2 N–H and O–H groups in total. The first-order valence-electron chi connectivity index (χ1n) is 9.31. The summed E-state index contributed by atoms with van der Waals surface area (Å²) in [5.41, 5.74) is 1.29. The number of halogens is 1. The molecule has 0 fully saturated rings. The van der Waals surface area contributed by atoms with E-state index in [0.717, 1.165) is 11.9 Å². The number of amides is 1. The molecular formula is C21H25FN6O. The summed E-state index contributed by atoms with van der Waals surface area (Å²) in [6.07, 6.45) is 1.63. The van der Waals surface area contributed by atoms with E-state index in [1.54, 1.807) is 30.5 Å². The Balaban J connectivity index is 1.74. The lowest BCUT2D eigenvalue weighted by Crippen LogP contribution is -2.40. The van der Waals surface area contributed by atoms with Crippen LogP contribution in [-0.2, 0) is 0 Å². The highest BCUT2D eigenvalue weighted by atomic mass is 19.1. The van der Waals surface area contributed by atoms with Crippen LogP contribution in [0.4, 0.5) is 16.0 Å². The molecule has 1 amide bonds. The molecule has 1 aromatic carbocycles. The Morgan fingerprint density at radius 2 is 1.83 bits per heavy atom. The monoisotopic (exact) mass is 396 g/mol. The van der Waals surface area contributed by atoms with Gasteiger partial charge in [0.15, 0.2) is 5.65 Å². The maximum Gasteiger partial charge on any atom is 0.269 e. The molecule has 0 saturated heterocycles. The average Bonchev–Trinajstić information content (AvgIpc) is 2.66. The van der Waals surface area contributed by atoms with Crippen molar-refractivity contribution in [2.45, 2.75) is 13.8 Å². The van der Waals surface area contributed by atoms with Gasteiger partial charge in [-0.05, 0) is 55.9 Å². The van der Waals surface area contributed by atoms with Crippen molar-refractivity contribution in [1.82, 2.24) is 25.2 Å². The van der Waals surface area contributed by atoms with Crippen LogP contribution in [0, 0.1) is 11.2 Å². The highest BCUT2D eigenvalue weighted by Crippen LogP contribution is 2.17. The van der Waals surface area contributed by atoms with Crippen molar-refractivity contribution in [3.05, 3.63) is 54.1 Å². The number of hydrogen-bond donors (Lipinski definition) is 2. The largest absolute Gasteiger partial charge is 0.350 e. The molecule has 8 heteroatoms. The molecule has 2 heterocycles. The fourth-order valence-corrected chi connectivity index (χ4v) is 3.08. The van der Waals surface area contributed by atoms with Gasteiger partial charge in [-0.1, -0.05) is 13.8 Å². The lowest BCUT2D eigenvalue weighted by atomic mass is 9.93. The minimum Gasteiger partial charge on any atom is -0.350 e. The predicted molar refractivity (Wildman–Crippen MR) is 112 cm³/mol. The van der Waals surface area contributed by atoms with E-state index in [1.165, 1.54) is 12.1 Å². The zero-order valence-corrected chi connectivity index (χ0v) is 17.0. The molecule has 0 aliphatic carbocycles. The van der Waals surface area contributed by atoms with Gasteiger partial charge < -0.3 is 15.5 Å². The molecule has 2 aromatic heterocycles. The highest BCUT2D eigenvalue weighted by Gasteiger charge is 2.20. The van der Waals surface area contributed by atoms with Crippen LogP contribution >= 0.6 is 0 Å². The van der Waals surface area contributed by atoms with Crippen LogP contribution in [0.15, 0.2) is 42.6 Å². The second-order valence-corrected chi connectivity index (χ2v) is 8.02. The van der Waals surface area contributed by atoms with E-state index in [0.29, 0.717) is 29.5 Å². The number of hydrogen-bond acceptors (Lipinski definition) is 6. The van der Waals surface area contributed by atoms with E-state index in [-0.39, 0.29) is 17.1 Å². The molecule has 0 radical (unpaired) electrons. The summed E-state index contributed by atoms with van der Waals surface area (Å²) in [5.74, 6) is -0.243. The first kappa shape index (κ1) is 20.6. The first-order chi connectivity index (χ1) is 13.7. The van der Waals surface area contributed by atoms with Crippen molar-refractivity contribution >= 4 is 28.6 Å². The van der Waals surface area contributed by atoms with Gasteiger partial charge in [0.05, 0.1) is 0 Å². The third-order valence-corrected chi connectivity index (χ3v) is 4.25. The molecule has 0 saturated carbocycles. The summed E-state index contributed by atoms with van der Waals surface area (Å²) >= 11 is 0. The molecule has 29 heavy (non-hydrogen) atoms. The summed E-state index contributed by atoms with van der Waals surface area (Å²) in [4.78, 5) is 27.6. The summed E-state index contributed by atoms with van der Waals surface area (Å²) in [6, 6.07) is 9.31. The van der Waals surface area contributed by atoms with Crippen LogP contribution < -0.4 is 10.6 Å². The molecule has 0 aliphatic rings. The fraction of sp³-hybridized carbons (Fsp3) is 0.333. The maximum absolute atomic E-state index is 13.0. The van der Waals surface area contributed by atoms with Gasteiger partial charge in [0.25, 0.3) is 5.91 Å². The van der Waals surface area contributed by atoms with Crippen molar-refractivity contribution in [3.63, 3.8) is 0 Å². The van der Waals surface area contributed by atoms with Gasteiger partial charge >= 0.3 is 0 Å². The molecule has 0 atom stereocenters. The van der Waals surface area contributed by atoms with Crippen LogP contribution in [0.3, 0.4) is 0 Å². The van der Waals surface area contributed by atoms with Crippen LogP contribution in [0.2, 0.25) is 0 Å². The Kier molecular flexibility index (Phi) is 6.03. The minimum absolute atomic E-state index is 0.0651. The number of carbonyl (C=O) groups excluding carboxylic acids is 1. The summed E-state index contributed by atoms with van der Waals surface area (Å²) in [6.45, 7) is 5.58. The van der Waals surface area contributed by atoms with Gasteiger partial charge in [0.1, 0.15) is 11.5 Å². The smallest absolute Gasteiger partial charge is 0.269 e. The number of pyridine rings is 1. The van der Waals surface area contributed by atoms with Gasteiger partial charge in [-0.3, -0.25) is 4.79 Å². The van der Waals surface area contributed by atoms with Crippen LogP contribution in [0.5, 0.6) is 0 Å². The molecule has 3 aromatic rings. The van der Waals surface area contributed by atoms with Crippen molar-refractivity contribution < 1.29 is 9.18 Å². The quantitative estimate of drug-likeness (QED) is 0.638. The second kappa shape index (κ2) is 8.48. The summed E-state index contributed by atoms with van der Waals surface area (Å²) in [7, 11) is 4.01. The highest BCUT2D eigenvalue weighted by molar-refractivity contribution is 5.94. The average molecular weight is 396 g/mol. The maximum atomic E-state index is 13.0. The standard InChI is InChI=1S/C21H25FN6O/c1-21(2,13-28(3)4)12-24-19(29)17-10-5-14-11-23-20(27-18(14)26-17)25-16-8-6-15(22)7-9-16/h5-11H,12-13H2,1-4H3,(H,24,29)(H,23,25,26,27). The van der Waals surface area contributed by atoms with Crippen molar-refractivity contribution in [2.24, 2.45) is 5.41 Å². The Morgan fingerprint density at radius 3 is 2.52 bits per heavy atom. The number of rotatable bonds is 7. The molecular weight excluding hydrogens is 371 g/mol. The topological polar surface area (TPSA) is 83.0 Å². The first-order valence-corrected chi connectivity index (χ1v) is 9.31. The SMILES string of the molecule is CN(C)CC(C)(C)CNC(=O)c1ccc2cnc(Nc3ccc(F)cc3)nc2n1. The Bertz CT molecular complexity index is 1000. The lowest BCUT2D eigenvalue weighted by molar-refractivity contribution is 0.0924. The number of carbonyl (C=O) groups is 1. The van der Waals surface area contributed by atoms with Gasteiger partial charge in [-0.25, -0.2) is 14.4 Å². The van der Waals surface area contributed by atoms with Crippen LogP contribution in [0.1, 0.15) is 24.3 Å². The van der Waals surface area contributed by atoms with E-state index in [4.69, 9.17) is 0 Å². The Hall–Kier alpha value is -3.13. The fourth-order valence-electron chi connectivity index (χ4n) is 3.08. The molecule has 7 nitrogen and oxygen atoms in total. The number of nitrogens with zero attached hydrogens (tertiary/aromatic N) is 4. The molecule has 0 unspecified atom stereocenters. The minimum atomic E-state index is -0.318. The van der Waals surface area contributed by atoms with Crippen molar-refractivity contribution in [1.29, 1.82) is 0 Å². The number of nitrogens with one attached hydrogen (secondary N) is 2. The normalized spacial score (nSPS) is 11.7. The Labute approximate surface area is 169 Å². The number of aromatic nitrogens is 3. The third-order valence-electron chi connectivity index (χ3n) is 4.25. The second-order valence-electron chi connectivity index (χ2n) is 8.02. The van der Waals surface area contributed by atoms with Crippen LogP contribution in [-0.4, -0.2) is 52.9 Å². The van der Waals surface area contributed by atoms with Crippen molar-refractivity contribution in [3.8, 4) is 0 Å². The molecule has 0 bridgehead atoms. The van der Waals surface area contributed by atoms with Gasteiger partial charge in [0, 0.05) is 30.4 Å². The van der Waals surface area contributed by atoms with E-state index in [1.807, 2.05) is 14.1 Å². The lowest BCUT2D eigenvalue weighted by Gasteiger charge is -2.28. The number of benzene rings is 1. The van der Waals surface area contributed by atoms with E-state index in [2.05, 4.69) is 44.3 Å². The summed E-state index contributed by atoms with van der Waals surface area (Å²) in [5, 5.41) is 6.67. The van der Waals surface area contributed by atoms with E-state index in [9.17, 15) is 9.18 Å². The third kappa shape index (κ3) is 5.68. The molecule has 0 aliphatic heterocycles. The van der Waals surface area contributed by atoms with E-state index >= 15 is 0 Å². The van der Waals surface area contributed by atoms with Gasteiger partial charge in [0.2, 0.25) is 5.95 Å². The summed E-state index contributed by atoms with van der Waals surface area (Å²) < 4.78 is 13.0. The predicted octanol–water partition coefficient (Wildman–Crippen LogP) is 3.23. The number of anilines is 2. The molecule has 0 spiro atoms. The van der Waals surface area contributed by atoms with Gasteiger partial charge in [-0.15, -0.1) is 0 Å². The molecule has 152 valence electrons.